The molecule has 6 aromatic carbocycles. The van der Waals surface area contributed by atoms with E-state index in [0.717, 1.165) is 33.4 Å². The van der Waals surface area contributed by atoms with Gasteiger partial charge in [0.05, 0.1) is 26.4 Å². The summed E-state index contributed by atoms with van der Waals surface area (Å²) in [4.78, 5) is 0. The van der Waals surface area contributed by atoms with Crippen molar-refractivity contribution in [2.24, 2.45) is 0 Å². The Bertz CT molecular complexity index is 1810. The van der Waals surface area contributed by atoms with Gasteiger partial charge in [0.25, 0.3) is 0 Å². The van der Waals surface area contributed by atoms with E-state index in [1.54, 1.807) is 0 Å². The highest BCUT2D eigenvalue weighted by atomic mass is 16.8. The normalized spacial score (nSPS) is 20.1. The molecule has 1 fully saturated rings. The first kappa shape index (κ1) is 35.5. The van der Waals surface area contributed by atoms with E-state index in [2.05, 4.69) is 36.4 Å². The molecule has 0 amide bonds. The number of ether oxygens (including phenoxy) is 5. The van der Waals surface area contributed by atoms with Crippen molar-refractivity contribution in [2.75, 3.05) is 13.2 Å². The van der Waals surface area contributed by atoms with Gasteiger partial charge in [-0.3, -0.25) is 0 Å². The third-order valence-corrected chi connectivity index (χ3v) is 9.50. The average molecular weight is 693 g/mol. The van der Waals surface area contributed by atoms with Gasteiger partial charge in [0.2, 0.25) is 5.79 Å². The largest absolute Gasteiger partial charge is 0.387 e. The van der Waals surface area contributed by atoms with E-state index in [4.69, 9.17) is 23.7 Å². The van der Waals surface area contributed by atoms with E-state index < -0.39 is 29.7 Å². The zero-order chi connectivity index (χ0) is 35.5. The Balaban J connectivity index is 1.28. The lowest BCUT2D eigenvalue weighted by Gasteiger charge is -2.41. The molecular weight excluding hydrogens is 649 g/mol. The first-order valence-electron chi connectivity index (χ1n) is 17.8. The summed E-state index contributed by atoms with van der Waals surface area (Å²) in [5.41, 5.74) is 4.69. The lowest BCUT2D eigenvalue weighted by Crippen LogP contribution is -2.52. The van der Waals surface area contributed by atoms with Gasteiger partial charge < -0.3 is 28.8 Å². The molecule has 1 N–H and O–H groups in total. The fourth-order valence-electron chi connectivity index (χ4n) is 6.86. The molecule has 52 heavy (non-hydrogen) atoms. The van der Waals surface area contributed by atoms with Crippen molar-refractivity contribution in [1.82, 2.24) is 0 Å². The molecule has 6 nitrogen and oxygen atoms in total. The second kappa shape index (κ2) is 17.1. The van der Waals surface area contributed by atoms with Gasteiger partial charge in [0.1, 0.15) is 30.5 Å². The van der Waals surface area contributed by atoms with Crippen LogP contribution in [-0.2, 0) is 49.1 Å². The van der Waals surface area contributed by atoms with Gasteiger partial charge in [-0.15, -0.1) is 0 Å². The average Bonchev–Trinajstić information content (AvgIpc) is 3.48. The Morgan fingerprint density at radius 1 is 0.519 bits per heavy atom. The van der Waals surface area contributed by atoms with Crippen molar-refractivity contribution in [2.45, 2.75) is 49.5 Å². The smallest absolute Gasteiger partial charge is 0.222 e. The molecule has 0 bridgehead atoms. The van der Waals surface area contributed by atoms with Crippen LogP contribution >= 0.6 is 0 Å². The molecule has 1 saturated heterocycles. The fraction of sp³-hybridized carbons (Fsp3) is 0.217. The quantitative estimate of drug-likeness (QED) is 0.103. The van der Waals surface area contributed by atoms with Crippen molar-refractivity contribution in [3.05, 3.63) is 215 Å². The molecule has 0 unspecified atom stereocenters. The van der Waals surface area contributed by atoms with Crippen molar-refractivity contribution in [3.8, 4) is 0 Å². The molecule has 264 valence electrons. The minimum absolute atomic E-state index is 0.0791. The fourth-order valence-corrected chi connectivity index (χ4v) is 6.86. The lowest BCUT2D eigenvalue weighted by atomic mass is 9.80. The second-order valence-corrected chi connectivity index (χ2v) is 13.0. The first-order valence-corrected chi connectivity index (χ1v) is 17.8. The van der Waals surface area contributed by atoms with Crippen LogP contribution in [0, 0.1) is 0 Å². The maximum Gasteiger partial charge on any atom is 0.222 e. The molecule has 1 aliphatic rings. The van der Waals surface area contributed by atoms with Gasteiger partial charge in [0.15, 0.2) is 0 Å². The number of rotatable bonds is 16. The van der Waals surface area contributed by atoms with Gasteiger partial charge in [0, 0.05) is 0 Å². The Morgan fingerprint density at radius 3 is 1.38 bits per heavy atom. The molecule has 4 atom stereocenters. The van der Waals surface area contributed by atoms with Gasteiger partial charge in [-0.1, -0.05) is 182 Å². The summed E-state index contributed by atoms with van der Waals surface area (Å²) in [6.07, 6.45) is -2.77. The Morgan fingerprint density at radius 2 is 0.923 bits per heavy atom. The topological polar surface area (TPSA) is 66.4 Å². The van der Waals surface area contributed by atoms with Gasteiger partial charge in [-0.25, -0.2) is 0 Å². The summed E-state index contributed by atoms with van der Waals surface area (Å²) in [5.74, 6) is -1.53. The van der Waals surface area contributed by atoms with Crippen LogP contribution in [0.4, 0.5) is 0 Å². The van der Waals surface area contributed by atoms with E-state index in [1.807, 2.05) is 146 Å². The summed E-state index contributed by atoms with van der Waals surface area (Å²) < 4.78 is 33.9. The van der Waals surface area contributed by atoms with Crippen LogP contribution in [0.15, 0.2) is 182 Å². The van der Waals surface area contributed by atoms with Gasteiger partial charge in [-0.2, -0.15) is 0 Å². The number of hydrogen-bond acceptors (Lipinski definition) is 6. The summed E-state index contributed by atoms with van der Waals surface area (Å²) in [6.45, 7) is 0.857. The van der Waals surface area contributed by atoms with E-state index in [0.29, 0.717) is 6.61 Å². The molecule has 0 saturated carbocycles. The van der Waals surface area contributed by atoms with Gasteiger partial charge in [-0.05, 0) is 33.4 Å². The van der Waals surface area contributed by atoms with Gasteiger partial charge >= 0.3 is 0 Å². The highest BCUT2D eigenvalue weighted by Crippen LogP contribution is 2.44. The molecule has 7 rings (SSSR count). The summed E-state index contributed by atoms with van der Waals surface area (Å²) in [7, 11) is 0. The van der Waals surface area contributed by atoms with Crippen LogP contribution in [0.2, 0.25) is 0 Å². The minimum atomic E-state index is -1.53. The molecule has 6 aromatic rings. The Hall–Kier alpha value is -4.92. The van der Waals surface area contributed by atoms with Crippen LogP contribution in [0.5, 0.6) is 0 Å². The summed E-state index contributed by atoms with van der Waals surface area (Å²) >= 11 is 0. The lowest BCUT2D eigenvalue weighted by molar-refractivity contribution is -0.303. The third kappa shape index (κ3) is 8.09. The summed E-state index contributed by atoms with van der Waals surface area (Å²) in [5, 5.41) is 12.1. The number of aliphatic hydroxyl groups is 1. The van der Waals surface area contributed by atoms with E-state index >= 15 is 0 Å². The van der Waals surface area contributed by atoms with Crippen LogP contribution < -0.4 is 0 Å². The maximum atomic E-state index is 12.1. The maximum absolute atomic E-state index is 12.1. The van der Waals surface area contributed by atoms with Crippen LogP contribution in [0.1, 0.15) is 33.4 Å². The molecule has 0 aromatic heterocycles. The number of benzene rings is 6. The molecule has 1 aliphatic heterocycles. The zero-order valence-corrected chi connectivity index (χ0v) is 29.1. The molecule has 1 heterocycles. The number of hydrogen-bond donors (Lipinski definition) is 1. The predicted octanol–water partition coefficient (Wildman–Crippen LogP) is 8.47. The zero-order valence-electron chi connectivity index (χ0n) is 29.1. The molecule has 6 heteroatoms. The number of aliphatic hydroxyl groups excluding tert-OH is 1. The second-order valence-electron chi connectivity index (χ2n) is 13.0. The summed E-state index contributed by atoms with van der Waals surface area (Å²) in [6, 6.07) is 60.3. The van der Waals surface area contributed by atoms with Crippen molar-refractivity contribution in [3.63, 3.8) is 0 Å². The minimum Gasteiger partial charge on any atom is -0.387 e. The molecular formula is C46H44O6. The monoisotopic (exact) mass is 692 g/mol. The SMILES string of the molecule is O[C@@H]1[C@@H](COCc2ccccc2)O[C@@](COC(c2ccccc2)(c2ccccc2)c2ccccc2)(OCc2ccccc2)[C@H]1OCc1ccccc1. The molecule has 0 radical (unpaired) electrons. The third-order valence-electron chi connectivity index (χ3n) is 9.50. The highest BCUT2D eigenvalue weighted by molar-refractivity contribution is 5.47. The van der Waals surface area contributed by atoms with E-state index in [9.17, 15) is 5.11 Å². The Labute approximate surface area is 306 Å². The highest BCUT2D eigenvalue weighted by Gasteiger charge is 2.58. The van der Waals surface area contributed by atoms with E-state index in [-0.39, 0.29) is 26.4 Å². The van der Waals surface area contributed by atoms with Crippen LogP contribution in [-0.4, -0.2) is 42.4 Å². The molecule has 0 aliphatic carbocycles. The van der Waals surface area contributed by atoms with Crippen molar-refractivity contribution >= 4 is 0 Å². The predicted molar refractivity (Wildman–Crippen MR) is 201 cm³/mol. The van der Waals surface area contributed by atoms with Crippen molar-refractivity contribution in [1.29, 1.82) is 0 Å². The van der Waals surface area contributed by atoms with E-state index in [1.165, 1.54) is 0 Å². The first-order chi connectivity index (χ1) is 25.7. The molecule has 0 spiro atoms. The van der Waals surface area contributed by atoms with Crippen LogP contribution in [0.3, 0.4) is 0 Å². The Kier molecular flexibility index (Phi) is 11.6. The standard InChI is InChI=1S/C46H44O6/c47-43-42(34-48-31-36-19-7-1-8-20-36)52-45(50-33-38-23-11-3-12-24-38,44(43)49-32-37-21-9-2-10-22-37)35-51-46(39-25-13-4-14-26-39,40-27-15-5-16-28-40)41-29-17-6-18-30-41/h1-30,42-44,47H,31-35H2/t42-,43-,44+,45-/m1/s1. The van der Waals surface area contributed by atoms with Crippen molar-refractivity contribution < 1.29 is 28.8 Å². The van der Waals surface area contributed by atoms with Crippen LogP contribution in [0.25, 0.3) is 0 Å².